The molecular weight excluding hydrogens is 828 g/mol. The van der Waals surface area contributed by atoms with E-state index in [4.69, 9.17) is 16.6 Å². The van der Waals surface area contributed by atoms with Crippen molar-refractivity contribution in [1.82, 2.24) is 29.7 Å². The number of nitrogens with zero attached hydrogens (tertiary/aromatic N) is 4. The molecule has 2 aromatic heterocycles. The van der Waals surface area contributed by atoms with Crippen LogP contribution in [0.25, 0.3) is 45.1 Å². The van der Waals surface area contributed by atoms with Gasteiger partial charge in [-0.2, -0.15) is 0 Å². The summed E-state index contributed by atoms with van der Waals surface area (Å²) in [5.74, 6) is 1.62. The van der Waals surface area contributed by atoms with Crippen molar-refractivity contribution in [3.63, 3.8) is 0 Å². The number of aromatic amines is 2. The number of aromatic nitrogens is 4. The first-order valence-electron chi connectivity index (χ1n) is 22.7. The van der Waals surface area contributed by atoms with E-state index in [9.17, 15) is 9.90 Å². The lowest BCUT2D eigenvalue weighted by Gasteiger charge is -2.35. The SMILES string of the molecule is Cc1ccc(Nc2cccc3c2CCN(C2CC2)C3)cc1-c1nc2ccccc2[nH]1.O=C1c2cccc(Nc3ccc(Cl)c(-c4ncc(-c5ccccc5)[nH]4)c3)c2CCN1C1(CO)CC1. The highest BCUT2D eigenvalue weighted by Gasteiger charge is 2.51. The van der Waals surface area contributed by atoms with Gasteiger partial charge in [-0.1, -0.05) is 78.3 Å². The average Bonchev–Trinajstić information content (AvgIpc) is 4.26. The number of hydrogen-bond donors (Lipinski definition) is 5. The van der Waals surface area contributed by atoms with E-state index >= 15 is 0 Å². The maximum Gasteiger partial charge on any atom is 0.254 e. The molecule has 12 rings (SSSR count). The number of H-pyrrole nitrogens is 2. The number of carbonyl (C=O) groups excluding carboxylic acids is 1. The molecule has 2 saturated carbocycles. The molecule has 11 heteroatoms. The second-order valence-electron chi connectivity index (χ2n) is 17.9. The van der Waals surface area contributed by atoms with Crippen LogP contribution in [-0.2, 0) is 19.4 Å². The first-order valence-corrected chi connectivity index (χ1v) is 23.1. The maximum absolute atomic E-state index is 13.2. The van der Waals surface area contributed by atoms with E-state index in [1.807, 2.05) is 96.0 Å². The van der Waals surface area contributed by atoms with Gasteiger partial charge in [-0.25, -0.2) is 9.97 Å². The van der Waals surface area contributed by atoms with Gasteiger partial charge in [0, 0.05) is 65.1 Å². The van der Waals surface area contributed by atoms with Crippen molar-refractivity contribution in [3.8, 4) is 34.0 Å². The van der Waals surface area contributed by atoms with Crippen LogP contribution in [0.4, 0.5) is 22.7 Å². The van der Waals surface area contributed by atoms with Crippen molar-refractivity contribution >= 4 is 51.3 Å². The predicted octanol–water partition coefficient (Wildman–Crippen LogP) is 11.5. The van der Waals surface area contributed by atoms with E-state index < -0.39 is 0 Å². The van der Waals surface area contributed by atoms with Gasteiger partial charge < -0.3 is 30.6 Å². The number of fused-ring (bicyclic) bond motifs is 3. The lowest BCUT2D eigenvalue weighted by atomic mass is 9.95. The van der Waals surface area contributed by atoms with Gasteiger partial charge in [0.15, 0.2) is 0 Å². The van der Waals surface area contributed by atoms with Gasteiger partial charge in [0.2, 0.25) is 0 Å². The monoisotopic (exact) mass is 878 g/mol. The van der Waals surface area contributed by atoms with Crippen molar-refractivity contribution < 1.29 is 9.90 Å². The van der Waals surface area contributed by atoms with E-state index in [-0.39, 0.29) is 18.1 Å². The molecule has 4 heterocycles. The predicted molar refractivity (Wildman–Crippen MR) is 261 cm³/mol. The highest BCUT2D eigenvalue weighted by Crippen LogP contribution is 2.44. The topological polar surface area (TPSA) is 125 Å². The molecule has 0 spiro atoms. The van der Waals surface area contributed by atoms with Crippen molar-refractivity contribution in [2.75, 3.05) is 30.3 Å². The Morgan fingerprint density at radius 2 is 1.48 bits per heavy atom. The highest BCUT2D eigenvalue weighted by molar-refractivity contribution is 6.33. The Morgan fingerprint density at radius 1 is 0.754 bits per heavy atom. The highest BCUT2D eigenvalue weighted by atomic mass is 35.5. The molecule has 2 aliphatic carbocycles. The number of benzene rings is 6. The molecule has 0 unspecified atom stereocenters. The lowest BCUT2D eigenvalue weighted by molar-refractivity contribution is 0.0523. The van der Waals surface area contributed by atoms with E-state index in [1.165, 1.54) is 41.8 Å². The van der Waals surface area contributed by atoms with Gasteiger partial charge in [0.25, 0.3) is 5.91 Å². The summed E-state index contributed by atoms with van der Waals surface area (Å²) >= 11 is 6.54. The molecule has 0 bridgehead atoms. The van der Waals surface area contributed by atoms with Crippen LogP contribution in [0.15, 0.2) is 134 Å². The number of anilines is 4. The number of amides is 1. The third-order valence-corrected chi connectivity index (χ3v) is 13.9. The fourth-order valence-electron chi connectivity index (χ4n) is 9.61. The molecule has 6 aromatic carbocycles. The molecule has 0 atom stereocenters. The molecule has 0 radical (unpaired) electrons. The summed E-state index contributed by atoms with van der Waals surface area (Å²) in [5, 5.41) is 17.6. The van der Waals surface area contributed by atoms with Gasteiger partial charge in [-0.3, -0.25) is 9.69 Å². The number of halogens is 1. The quantitative estimate of drug-likeness (QED) is 0.0926. The Bertz CT molecular complexity index is 3030. The minimum atomic E-state index is -0.356. The Kier molecular flexibility index (Phi) is 10.7. The number of aliphatic hydroxyl groups is 1. The van der Waals surface area contributed by atoms with Crippen LogP contribution >= 0.6 is 11.6 Å². The number of hydrogen-bond acceptors (Lipinski definition) is 7. The molecular formula is C54H51ClN8O2. The number of nitrogens with one attached hydrogen (secondary N) is 4. The Balaban J connectivity index is 0.000000146. The molecule has 8 aromatic rings. The summed E-state index contributed by atoms with van der Waals surface area (Å²) in [7, 11) is 0. The molecule has 5 N–H and O–H groups in total. The Labute approximate surface area is 383 Å². The van der Waals surface area contributed by atoms with Gasteiger partial charge in [0.1, 0.15) is 11.6 Å². The molecule has 10 nitrogen and oxygen atoms in total. The number of aliphatic hydroxyl groups excluding tert-OH is 1. The maximum atomic E-state index is 13.2. The lowest BCUT2D eigenvalue weighted by Crippen LogP contribution is -2.48. The van der Waals surface area contributed by atoms with Crippen LogP contribution in [0.2, 0.25) is 5.02 Å². The zero-order valence-electron chi connectivity index (χ0n) is 36.4. The minimum Gasteiger partial charge on any atom is -0.394 e. The van der Waals surface area contributed by atoms with Crippen LogP contribution in [0, 0.1) is 6.92 Å². The summed E-state index contributed by atoms with van der Waals surface area (Å²) in [6.07, 6.45) is 8.17. The minimum absolute atomic E-state index is 0.00210. The van der Waals surface area contributed by atoms with Crippen molar-refractivity contribution in [2.45, 2.75) is 63.6 Å². The van der Waals surface area contributed by atoms with E-state index in [0.29, 0.717) is 23.0 Å². The van der Waals surface area contributed by atoms with Gasteiger partial charge in [0.05, 0.1) is 40.1 Å². The normalized spacial score (nSPS) is 16.4. The van der Waals surface area contributed by atoms with Crippen molar-refractivity contribution in [3.05, 3.63) is 166 Å². The molecule has 2 aliphatic heterocycles. The summed E-state index contributed by atoms with van der Waals surface area (Å²) < 4.78 is 0. The fraction of sp³-hybridized carbons (Fsp3) is 0.241. The van der Waals surface area contributed by atoms with Crippen LogP contribution in [-0.4, -0.2) is 72.0 Å². The standard InChI is InChI=1S/C28H25ClN4O2.C26H26N4/c29-23-10-9-19(15-22(23)26-30-16-25(32-26)18-5-2-1-3-6-18)31-24-8-4-7-21-20(24)11-14-33(27(21)35)28(17-34)12-13-28;1-17-9-10-19(15-22(17)26-28-24-6-2-3-7-25(24)29-26)27-23-8-4-5-18-16-30(20-11-12-20)14-13-21(18)23/h1-10,15-16,31,34H,11-14,17H2,(H,30,32);2-10,15,20,27H,11-14,16H2,1H3,(H,28,29). The number of para-hydroxylation sites is 2. The second kappa shape index (κ2) is 17.0. The van der Waals surface area contributed by atoms with Gasteiger partial charge >= 0.3 is 0 Å². The van der Waals surface area contributed by atoms with Crippen LogP contribution in [0.3, 0.4) is 0 Å². The van der Waals surface area contributed by atoms with Crippen molar-refractivity contribution in [1.29, 1.82) is 0 Å². The molecule has 326 valence electrons. The molecule has 65 heavy (non-hydrogen) atoms. The van der Waals surface area contributed by atoms with Gasteiger partial charge in [-0.15, -0.1) is 0 Å². The molecule has 2 fully saturated rings. The summed E-state index contributed by atoms with van der Waals surface area (Å²) in [6, 6.07) is 43.8. The first kappa shape index (κ1) is 41.0. The smallest absolute Gasteiger partial charge is 0.254 e. The molecule has 4 aliphatic rings. The fourth-order valence-corrected chi connectivity index (χ4v) is 9.81. The van der Waals surface area contributed by atoms with Crippen LogP contribution in [0.1, 0.15) is 58.3 Å². The van der Waals surface area contributed by atoms with Crippen LogP contribution in [0.5, 0.6) is 0 Å². The third-order valence-electron chi connectivity index (χ3n) is 13.6. The zero-order chi connectivity index (χ0) is 44.1. The number of aryl methyl sites for hydroxylation is 1. The third kappa shape index (κ3) is 8.18. The number of imidazole rings is 2. The summed E-state index contributed by atoms with van der Waals surface area (Å²) in [4.78, 5) is 33.9. The Hall–Kier alpha value is -6.72. The zero-order valence-corrected chi connectivity index (χ0v) is 37.1. The summed E-state index contributed by atoms with van der Waals surface area (Å²) in [6.45, 7) is 5.05. The Morgan fingerprint density at radius 3 is 2.25 bits per heavy atom. The largest absolute Gasteiger partial charge is 0.394 e. The first-order chi connectivity index (χ1) is 31.8. The molecule has 0 saturated heterocycles. The summed E-state index contributed by atoms with van der Waals surface area (Å²) in [5.41, 5.74) is 15.6. The van der Waals surface area contributed by atoms with Crippen LogP contribution < -0.4 is 10.6 Å². The molecule has 1 amide bonds. The second-order valence-corrected chi connectivity index (χ2v) is 18.3. The average molecular weight is 880 g/mol. The van der Waals surface area contributed by atoms with Gasteiger partial charge in [-0.05, 0) is 134 Å². The number of carbonyl (C=O) groups is 1. The van der Waals surface area contributed by atoms with E-state index in [0.717, 1.165) is 100 Å². The van der Waals surface area contributed by atoms with E-state index in [2.05, 4.69) is 79.9 Å². The number of rotatable bonds is 10. The van der Waals surface area contributed by atoms with Crippen molar-refractivity contribution in [2.24, 2.45) is 0 Å². The van der Waals surface area contributed by atoms with E-state index in [1.54, 1.807) is 0 Å².